The number of ether oxygens (including phenoxy) is 2. The monoisotopic (exact) mass is 562 g/mol. The maximum Gasteiger partial charge on any atom is 0.322 e. The number of benzene rings is 5. The number of urea groups is 1. The van der Waals surface area contributed by atoms with E-state index in [-0.39, 0.29) is 12.1 Å². The first-order valence-corrected chi connectivity index (χ1v) is 13.8. The van der Waals surface area contributed by atoms with Gasteiger partial charge in [-0.1, -0.05) is 109 Å². The molecule has 0 saturated carbocycles. The third-order valence-electron chi connectivity index (χ3n) is 6.72. The molecule has 206 valence electrons. The standard InChI is InChI=1S/C35H31ClN2O3/c1-40-33-23-27(17-22-32(33)41-25-26-11-5-2-6-12-26)24-38(35(39)37-31-20-18-30(36)19-21-31)34(28-13-7-3-8-14-28)29-15-9-4-10-16-29/h2-23,34H,24-25H2,1H3,(H,37,39). The minimum absolute atomic E-state index is 0.242. The molecule has 1 N–H and O–H groups in total. The normalized spacial score (nSPS) is 10.7. The number of halogens is 1. The number of nitrogens with one attached hydrogen (secondary N) is 1. The van der Waals surface area contributed by atoms with E-state index in [0.717, 1.165) is 22.3 Å². The van der Waals surface area contributed by atoms with Gasteiger partial charge in [-0.15, -0.1) is 0 Å². The SMILES string of the molecule is COc1cc(CN(C(=O)Nc2ccc(Cl)cc2)C(c2ccccc2)c2ccccc2)ccc1OCc1ccccc1. The third-order valence-corrected chi connectivity index (χ3v) is 6.97. The Morgan fingerprint density at radius 2 is 1.32 bits per heavy atom. The number of anilines is 1. The fourth-order valence-electron chi connectivity index (χ4n) is 4.69. The molecular formula is C35H31ClN2O3. The summed E-state index contributed by atoms with van der Waals surface area (Å²) in [6.07, 6.45) is 0. The number of rotatable bonds is 10. The van der Waals surface area contributed by atoms with Gasteiger partial charge >= 0.3 is 6.03 Å². The smallest absolute Gasteiger partial charge is 0.322 e. The van der Waals surface area contributed by atoms with Gasteiger partial charge in [0.1, 0.15) is 6.61 Å². The molecule has 0 aliphatic carbocycles. The van der Waals surface area contributed by atoms with Gasteiger partial charge in [-0.2, -0.15) is 0 Å². The van der Waals surface area contributed by atoms with Crippen LogP contribution in [0.15, 0.2) is 133 Å². The number of hydrogen-bond donors (Lipinski definition) is 1. The first-order valence-electron chi connectivity index (χ1n) is 13.4. The lowest BCUT2D eigenvalue weighted by atomic mass is 9.96. The molecule has 0 saturated heterocycles. The molecule has 5 aromatic rings. The Labute approximate surface area is 245 Å². The summed E-state index contributed by atoms with van der Waals surface area (Å²) < 4.78 is 11.8. The summed E-state index contributed by atoms with van der Waals surface area (Å²) in [7, 11) is 1.62. The van der Waals surface area contributed by atoms with Crippen LogP contribution < -0.4 is 14.8 Å². The second kappa shape index (κ2) is 13.6. The van der Waals surface area contributed by atoms with Gasteiger partial charge in [-0.3, -0.25) is 0 Å². The first kappa shape index (κ1) is 27.8. The number of amides is 2. The molecule has 0 aromatic heterocycles. The van der Waals surface area contributed by atoms with Gasteiger partial charge in [0.25, 0.3) is 0 Å². The number of nitrogens with zero attached hydrogens (tertiary/aromatic N) is 1. The van der Waals surface area contributed by atoms with E-state index in [2.05, 4.69) is 5.32 Å². The van der Waals surface area contributed by atoms with Gasteiger partial charge in [0.2, 0.25) is 0 Å². The summed E-state index contributed by atoms with van der Waals surface area (Å²) in [4.78, 5) is 15.8. The van der Waals surface area contributed by atoms with Gasteiger partial charge in [0.15, 0.2) is 11.5 Å². The molecule has 0 bridgehead atoms. The zero-order valence-corrected chi connectivity index (χ0v) is 23.5. The van der Waals surface area contributed by atoms with Crippen molar-refractivity contribution in [3.8, 4) is 11.5 Å². The fourth-order valence-corrected chi connectivity index (χ4v) is 4.82. The van der Waals surface area contributed by atoms with Crippen molar-refractivity contribution < 1.29 is 14.3 Å². The van der Waals surface area contributed by atoms with E-state index in [1.54, 1.807) is 31.4 Å². The third kappa shape index (κ3) is 7.27. The Kier molecular flexibility index (Phi) is 9.19. The number of carbonyl (C=O) groups excluding carboxylic acids is 1. The average Bonchev–Trinajstić information content (AvgIpc) is 3.02. The predicted molar refractivity (Wildman–Crippen MR) is 165 cm³/mol. The lowest BCUT2D eigenvalue weighted by Crippen LogP contribution is -2.38. The highest BCUT2D eigenvalue weighted by Crippen LogP contribution is 2.34. The molecule has 0 fully saturated rings. The molecule has 5 nitrogen and oxygen atoms in total. The van der Waals surface area contributed by atoms with Gasteiger partial charge in [-0.25, -0.2) is 4.79 Å². The summed E-state index contributed by atoms with van der Waals surface area (Å²) in [6, 6.07) is 42.4. The van der Waals surface area contributed by atoms with Crippen molar-refractivity contribution in [1.29, 1.82) is 0 Å². The molecule has 0 radical (unpaired) electrons. The van der Waals surface area contributed by atoms with E-state index in [9.17, 15) is 4.79 Å². The van der Waals surface area contributed by atoms with Crippen molar-refractivity contribution in [2.24, 2.45) is 0 Å². The lowest BCUT2D eigenvalue weighted by molar-refractivity contribution is 0.194. The molecular weight excluding hydrogens is 532 g/mol. The average molecular weight is 563 g/mol. The van der Waals surface area contributed by atoms with Crippen molar-refractivity contribution in [3.63, 3.8) is 0 Å². The minimum atomic E-state index is -0.343. The maximum absolute atomic E-state index is 14.0. The zero-order valence-electron chi connectivity index (χ0n) is 22.7. The van der Waals surface area contributed by atoms with Crippen LogP contribution in [-0.2, 0) is 13.2 Å². The Hall–Kier alpha value is -4.74. The van der Waals surface area contributed by atoms with E-state index in [1.165, 1.54) is 0 Å². The van der Waals surface area contributed by atoms with E-state index in [1.807, 2.05) is 114 Å². The molecule has 0 unspecified atom stereocenters. The molecule has 6 heteroatoms. The van der Waals surface area contributed by atoms with Crippen LogP contribution in [0.2, 0.25) is 5.02 Å². The van der Waals surface area contributed by atoms with Gasteiger partial charge in [0, 0.05) is 17.3 Å². The van der Waals surface area contributed by atoms with Crippen molar-refractivity contribution in [2.75, 3.05) is 12.4 Å². The summed E-state index contributed by atoms with van der Waals surface area (Å²) in [5, 5.41) is 3.66. The Morgan fingerprint density at radius 3 is 1.90 bits per heavy atom. The van der Waals surface area contributed by atoms with E-state index in [4.69, 9.17) is 21.1 Å². The van der Waals surface area contributed by atoms with Crippen molar-refractivity contribution >= 4 is 23.3 Å². The maximum atomic E-state index is 14.0. The minimum Gasteiger partial charge on any atom is -0.493 e. The Bertz CT molecular complexity index is 1510. The van der Waals surface area contributed by atoms with Crippen molar-refractivity contribution in [3.05, 3.63) is 161 Å². The van der Waals surface area contributed by atoms with Crippen LogP contribution in [0.25, 0.3) is 0 Å². The van der Waals surface area contributed by atoms with E-state index >= 15 is 0 Å². The van der Waals surface area contributed by atoms with Gasteiger partial charge in [0.05, 0.1) is 13.2 Å². The quantitative estimate of drug-likeness (QED) is 0.185. The molecule has 0 aliphatic heterocycles. The van der Waals surface area contributed by atoms with Crippen LogP contribution in [0.5, 0.6) is 11.5 Å². The molecule has 0 aliphatic rings. The summed E-state index contributed by atoms with van der Waals surface area (Å²) >= 11 is 6.08. The lowest BCUT2D eigenvalue weighted by Gasteiger charge is -2.33. The highest BCUT2D eigenvalue weighted by atomic mass is 35.5. The number of carbonyl (C=O) groups is 1. The highest BCUT2D eigenvalue weighted by molar-refractivity contribution is 6.30. The molecule has 41 heavy (non-hydrogen) atoms. The zero-order chi connectivity index (χ0) is 28.4. The molecule has 0 spiro atoms. The molecule has 5 aromatic carbocycles. The van der Waals surface area contributed by atoms with Crippen LogP contribution in [0.3, 0.4) is 0 Å². The summed E-state index contributed by atoms with van der Waals surface area (Å²) in [6.45, 7) is 0.749. The number of hydrogen-bond acceptors (Lipinski definition) is 3. The molecule has 5 rings (SSSR count). The highest BCUT2D eigenvalue weighted by Gasteiger charge is 2.27. The van der Waals surface area contributed by atoms with Crippen LogP contribution >= 0.6 is 11.6 Å². The Morgan fingerprint density at radius 1 is 0.732 bits per heavy atom. The van der Waals surface area contributed by atoms with Crippen LogP contribution in [0, 0.1) is 0 Å². The van der Waals surface area contributed by atoms with Crippen molar-refractivity contribution in [1.82, 2.24) is 4.90 Å². The Balaban J connectivity index is 1.48. The van der Waals surface area contributed by atoms with Gasteiger partial charge in [-0.05, 0) is 58.7 Å². The molecule has 0 atom stereocenters. The van der Waals surface area contributed by atoms with E-state index < -0.39 is 0 Å². The summed E-state index contributed by atoms with van der Waals surface area (Å²) in [5.41, 5.74) is 4.63. The van der Waals surface area contributed by atoms with Crippen LogP contribution in [0.1, 0.15) is 28.3 Å². The largest absolute Gasteiger partial charge is 0.493 e. The van der Waals surface area contributed by atoms with Crippen LogP contribution in [0.4, 0.5) is 10.5 Å². The second-order valence-corrected chi connectivity index (χ2v) is 9.98. The topological polar surface area (TPSA) is 50.8 Å². The van der Waals surface area contributed by atoms with Crippen LogP contribution in [-0.4, -0.2) is 18.0 Å². The number of methoxy groups -OCH3 is 1. The molecule has 2 amide bonds. The first-order chi connectivity index (χ1) is 20.1. The van der Waals surface area contributed by atoms with Gasteiger partial charge < -0.3 is 19.7 Å². The fraction of sp³-hybridized carbons (Fsp3) is 0.114. The van der Waals surface area contributed by atoms with E-state index in [0.29, 0.717) is 35.4 Å². The van der Waals surface area contributed by atoms with Crippen molar-refractivity contribution in [2.45, 2.75) is 19.2 Å². The second-order valence-electron chi connectivity index (χ2n) is 9.55. The molecule has 0 heterocycles. The summed E-state index contributed by atoms with van der Waals surface area (Å²) in [5.74, 6) is 1.24. The predicted octanol–water partition coefficient (Wildman–Crippen LogP) is 8.75.